The molecule has 9 nitrogen and oxygen atoms in total. The molecule has 2 aromatic carbocycles. The molecule has 0 radical (unpaired) electrons. The third-order valence-corrected chi connectivity index (χ3v) is 9.24. The minimum atomic E-state index is -3.07. The zero-order valence-electron chi connectivity index (χ0n) is 25.2. The number of para-hydroxylation sites is 1. The molecular weight excluding hydrogens is 586 g/mol. The third kappa shape index (κ3) is 8.65. The van der Waals surface area contributed by atoms with Crippen molar-refractivity contribution < 1.29 is 33.2 Å². The second-order valence-electron chi connectivity index (χ2n) is 12.2. The second-order valence-corrected chi connectivity index (χ2v) is 13.8. The monoisotopic (exact) mass is 626 g/mol. The average molecular weight is 627 g/mol. The van der Waals surface area contributed by atoms with Crippen LogP contribution in [0.2, 0.25) is 0 Å². The van der Waals surface area contributed by atoms with Crippen LogP contribution in [0.15, 0.2) is 54.6 Å². The average Bonchev–Trinajstić information content (AvgIpc) is 3.35. The van der Waals surface area contributed by atoms with Gasteiger partial charge in [-0.05, 0) is 77.9 Å². The van der Waals surface area contributed by atoms with Gasteiger partial charge >= 0.3 is 8.25 Å². The Labute approximate surface area is 256 Å². The second kappa shape index (κ2) is 14.8. The van der Waals surface area contributed by atoms with Crippen molar-refractivity contribution in [2.45, 2.75) is 72.3 Å². The molecule has 2 unspecified atom stereocenters. The smallest absolute Gasteiger partial charge is 0.521 e. The Morgan fingerprint density at radius 3 is 2.49 bits per heavy atom. The van der Waals surface area contributed by atoms with Gasteiger partial charge in [0.05, 0.1) is 14.7 Å². The molecule has 4 rings (SSSR count). The van der Waals surface area contributed by atoms with E-state index in [4.69, 9.17) is 0 Å². The van der Waals surface area contributed by atoms with Crippen LogP contribution in [0.4, 0.5) is 5.69 Å². The predicted octanol–water partition coefficient (Wildman–Crippen LogP) is 5.26. The highest BCUT2D eigenvalue weighted by Crippen LogP contribution is 2.35. The number of carbonyl (C=O) groups excluding carboxylic acids is 3. The van der Waals surface area contributed by atoms with Gasteiger partial charge in [0.2, 0.25) is 11.8 Å². The molecule has 2 aliphatic rings. The highest BCUT2D eigenvalue weighted by molar-refractivity contribution is 7.42. The van der Waals surface area contributed by atoms with E-state index in [9.17, 15) is 23.8 Å². The molecule has 2 aliphatic heterocycles. The van der Waals surface area contributed by atoms with Crippen molar-refractivity contribution in [2.75, 3.05) is 18.0 Å². The van der Waals surface area contributed by atoms with E-state index in [1.54, 1.807) is 23.1 Å². The van der Waals surface area contributed by atoms with Gasteiger partial charge in [-0.25, -0.2) is 0 Å². The van der Waals surface area contributed by atoms with Crippen LogP contribution in [0.25, 0.3) is 5.57 Å². The first kappa shape index (κ1) is 33.1. The molecule has 0 aromatic heterocycles. The third-order valence-electron chi connectivity index (χ3n) is 8.17. The molecule has 0 saturated carbocycles. The van der Waals surface area contributed by atoms with Gasteiger partial charge in [0.25, 0.3) is 0 Å². The van der Waals surface area contributed by atoms with Crippen molar-refractivity contribution in [1.82, 2.24) is 4.90 Å². The predicted molar refractivity (Wildman–Crippen MR) is 167 cm³/mol. The van der Waals surface area contributed by atoms with Crippen molar-refractivity contribution in [3.8, 4) is 0 Å². The Bertz CT molecular complexity index is 1370. The first-order chi connectivity index (χ1) is 20.5. The molecule has 0 spiro atoms. The fourth-order valence-corrected chi connectivity index (χ4v) is 6.63. The minimum absolute atomic E-state index is 0.0298. The number of carbonyl (C=O) groups is 3. The molecule has 0 aliphatic carbocycles. The fraction of sp³-hybridized carbons (Fsp3) is 0.469. The number of rotatable bonds is 10. The minimum Gasteiger partial charge on any atom is -0.565 e. The fourth-order valence-electron chi connectivity index (χ4n) is 5.83. The van der Waals surface area contributed by atoms with Gasteiger partial charge in [-0.15, -0.1) is 0 Å². The Balaban J connectivity index is 1.46. The Morgan fingerprint density at radius 1 is 1.07 bits per heavy atom. The lowest BCUT2D eigenvalue weighted by atomic mass is 9.76. The summed E-state index contributed by atoms with van der Waals surface area (Å²) in [6.07, 6.45) is 5.86. The molecule has 2 amide bonds. The molecular formula is C32H40N2O7P2. The van der Waals surface area contributed by atoms with Gasteiger partial charge < -0.3 is 14.7 Å². The number of aryl methyl sites for hydroxylation is 1. The largest absolute Gasteiger partial charge is 0.565 e. The summed E-state index contributed by atoms with van der Waals surface area (Å²) in [7, 11) is -3.38. The number of fused-ring (bicyclic) bond motifs is 1. The van der Waals surface area contributed by atoms with E-state index in [0.717, 1.165) is 47.8 Å². The van der Waals surface area contributed by atoms with E-state index < -0.39 is 25.6 Å². The van der Waals surface area contributed by atoms with Crippen LogP contribution in [0.5, 0.6) is 0 Å². The number of hydrogen-bond donors (Lipinski definition) is 0. The SMILES string of the molecule is C/C(=C\C(=O)C[C@H](C(=O)N1CCC[C@H]1C(=O)N1CCCCc2ccccc21)C(C)(C)C)c1ccc(POO[P+](=O)[O-])cc1. The Hall–Kier alpha value is -2.80. The summed E-state index contributed by atoms with van der Waals surface area (Å²) in [6.45, 7) is 8.87. The van der Waals surface area contributed by atoms with Crippen LogP contribution in [-0.2, 0) is 34.7 Å². The molecule has 0 N–H and O–H groups in total. The summed E-state index contributed by atoms with van der Waals surface area (Å²) in [6, 6.07) is 14.7. The van der Waals surface area contributed by atoms with E-state index in [2.05, 4.69) is 15.4 Å². The van der Waals surface area contributed by atoms with Crippen LogP contribution in [-0.4, -0.2) is 41.6 Å². The maximum atomic E-state index is 14.1. The summed E-state index contributed by atoms with van der Waals surface area (Å²) < 4.78 is 19.3. The van der Waals surface area contributed by atoms with E-state index in [1.807, 2.05) is 62.9 Å². The number of likely N-dealkylation sites (tertiary alicyclic amines) is 1. The van der Waals surface area contributed by atoms with Crippen molar-refractivity contribution in [2.24, 2.45) is 11.3 Å². The number of ketones is 1. The van der Waals surface area contributed by atoms with E-state index in [1.165, 1.54) is 5.56 Å². The Morgan fingerprint density at radius 2 is 1.79 bits per heavy atom. The summed E-state index contributed by atoms with van der Waals surface area (Å²) in [5.41, 5.74) is 3.19. The standard InChI is InChI=1S/C32H40N2O7P2/c1-22(23-14-16-26(17-15-23)42-40-41-43(38)39)20-25(35)21-27(32(2,3)4)30(36)34-19-9-13-29(34)31(37)33-18-8-7-11-24-10-5-6-12-28(24)33/h5-6,10,12,14-17,20,27,29,42H,7-9,11,13,18-19,21H2,1-4H3/b22-20+/t27-,29+/m1/s1. The van der Waals surface area contributed by atoms with Gasteiger partial charge in [0.1, 0.15) is 6.04 Å². The summed E-state index contributed by atoms with van der Waals surface area (Å²) >= 11 is 0. The van der Waals surface area contributed by atoms with Crippen LogP contribution < -0.4 is 15.1 Å². The van der Waals surface area contributed by atoms with Crippen LogP contribution in [0.3, 0.4) is 0 Å². The first-order valence-corrected chi connectivity index (χ1v) is 16.7. The molecule has 2 heterocycles. The maximum absolute atomic E-state index is 14.1. The summed E-state index contributed by atoms with van der Waals surface area (Å²) in [4.78, 5) is 55.4. The maximum Gasteiger partial charge on any atom is 0.521 e. The normalized spacial score (nSPS) is 18.9. The topological polar surface area (TPSA) is 116 Å². The highest BCUT2D eigenvalue weighted by atomic mass is 31.1. The zero-order valence-corrected chi connectivity index (χ0v) is 27.1. The van der Waals surface area contributed by atoms with Gasteiger partial charge in [-0.1, -0.05) is 63.2 Å². The first-order valence-electron chi connectivity index (χ1n) is 14.7. The zero-order chi connectivity index (χ0) is 31.1. The number of anilines is 1. The number of allylic oxidation sites excluding steroid dienone is 2. The van der Waals surface area contributed by atoms with Crippen molar-refractivity contribution in [3.05, 3.63) is 65.7 Å². The van der Waals surface area contributed by atoms with Gasteiger partial charge in [0.15, 0.2) is 5.78 Å². The lowest BCUT2D eigenvalue weighted by molar-refractivity contribution is -0.227. The molecule has 230 valence electrons. The number of benzene rings is 2. The summed E-state index contributed by atoms with van der Waals surface area (Å²) in [5, 5.41) is 0.733. The summed E-state index contributed by atoms with van der Waals surface area (Å²) in [5.74, 6) is -0.908. The van der Waals surface area contributed by atoms with E-state index in [-0.39, 0.29) is 32.8 Å². The molecule has 4 atom stereocenters. The van der Waals surface area contributed by atoms with Gasteiger partial charge in [0, 0.05) is 35.2 Å². The number of nitrogens with zero attached hydrogens (tertiary/aromatic N) is 2. The van der Waals surface area contributed by atoms with Gasteiger partial charge in [-0.3, -0.25) is 14.4 Å². The molecule has 0 bridgehead atoms. The molecule has 1 fully saturated rings. The van der Waals surface area contributed by atoms with Gasteiger partial charge in [-0.2, -0.15) is 4.67 Å². The molecule has 2 aromatic rings. The van der Waals surface area contributed by atoms with Crippen LogP contribution >= 0.6 is 17.1 Å². The van der Waals surface area contributed by atoms with Crippen molar-refractivity contribution in [1.29, 1.82) is 0 Å². The lowest BCUT2D eigenvalue weighted by Gasteiger charge is -2.36. The van der Waals surface area contributed by atoms with Crippen molar-refractivity contribution in [3.63, 3.8) is 0 Å². The Kier molecular flexibility index (Phi) is 11.4. The molecule has 1 saturated heterocycles. The highest BCUT2D eigenvalue weighted by Gasteiger charge is 2.43. The van der Waals surface area contributed by atoms with Crippen molar-refractivity contribution >= 4 is 51.2 Å². The number of amides is 2. The van der Waals surface area contributed by atoms with E-state index in [0.29, 0.717) is 19.5 Å². The van der Waals surface area contributed by atoms with E-state index >= 15 is 0 Å². The molecule has 43 heavy (non-hydrogen) atoms. The quantitative estimate of drug-likeness (QED) is 0.153. The lowest BCUT2D eigenvalue weighted by Crippen LogP contribution is -2.51. The van der Waals surface area contributed by atoms with Crippen LogP contribution in [0.1, 0.15) is 70.9 Å². The molecule has 11 heteroatoms. The van der Waals surface area contributed by atoms with Crippen LogP contribution in [0, 0.1) is 11.3 Å². The number of hydrogen-bond acceptors (Lipinski definition) is 7.